The highest BCUT2D eigenvalue weighted by Gasteiger charge is 2.20. The first kappa shape index (κ1) is 22.7. The normalized spacial score (nSPS) is 12.2. The van der Waals surface area contributed by atoms with Gasteiger partial charge in [-0.15, -0.1) is 0 Å². The van der Waals surface area contributed by atoms with Crippen LogP contribution in [0.3, 0.4) is 0 Å². The van der Waals surface area contributed by atoms with Crippen LogP contribution in [0, 0.1) is 5.82 Å². The molecule has 0 fully saturated rings. The number of nitrogens with one attached hydrogen (secondary N) is 2. The molecule has 9 heteroatoms. The molecule has 6 nitrogen and oxygen atoms in total. The van der Waals surface area contributed by atoms with E-state index in [-0.39, 0.29) is 22.3 Å². The van der Waals surface area contributed by atoms with Gasteiger partial charge in [-0.2, -0.15) is 0 Å². The highest BCUT2D eigenvalue weighted by Crippen LogP contribution is 2.28. The molecule has 0 radical (unpaired) electrons. The predicted molar refractivity (Wildman–Crippen MR) is 117 cm³/mol. The lowest BCUT2D eigenvalue weighted by Gasteiger charge is -2.15. The van der Waals surface area contributed by atoms with E-state index in [0.29, 0.717) is 5.69 Å². The molecule has 0 aromatic heterocycles. The van der Waals surface area contributed by atoms with Crippen molar-refractivity contribution in [1.29, 1.82) is 0 Å². The number of ether oxygens (including phenoxy) is 1. The summed E-state index contributed by atoms with van der Waals surface area (Å²) in [4.78, 5) is 12.0. The second kappa shape index (κ2) is 9.91. The molecule has 0 saturated heterocycles. The Labute approximate surface area is 185 Å². The Morgan fingerprint density at radius 2 is 1.74 bits per heavy atom. The predicted octanol–water partition coefficient (Wildman–Crippen LogP) is 4.54. The Kier molecular flexibility index (Phi) is 7.27. The van der Waals surface area contributed by atoms with Crippen molar-refractivity contribution in [3.8, 4) is 5.75 Å². The highest BCUT2D eigenvalue weighted by atomic mass is 35.5. The summed E-state index contributed by atoms with van der Waals surface area (Å²) in [6, 6.07) is 18.0. The van der Waals surface area contributed by atoms with E-state index in [4.69, 9.17) is 16.3 Å². The van der Waals surface area contributed by atoms with Gasteiger partial charge in [0.05, 0.1) is 9.92 Å². The second-order valence-electron chi connectivity index (χ2n) is 6.69. The molecule has 0 saturated carbocycles. The van der Waals surface area contributed by atoms with Crippen molar-refractivity contribution >= 4 is 33.2 Å². The van der Waals surface area contributed by atoms with E-state index in [0.717, 1.165) is 5.56 Å². The Morgan fingerprint density at radius 3 is 2.39 bits per heavy atom. The van der Waals surface area contributed by atoms with Crippen molar-refractivity contribution in [2.24, 2.45) is 0 Å². The van der Waals surface area contributed by atoms with Crippen LogP contribution >= 0.6 is 11.6 Å². The molecule has 0 heterocycles. The van der Waals surface area contributed by atoms with Gasteiger partial charge in [0.1, 0.15) is 11.6 Å². The van der Waals surface area contributed by atoms with E-state index >= 15 is 0 Å². The fourth-order valence-electron chi connectivity index (χ4n) is 2.75. The summed E-state index contributed by atoms with van der Waals surface area (Å²) in [6.07, 6.45) is 0. The van der Waals surface area contributed by atoms with E-state index in [1.165, 1.54) is 42.5 Å². The van der Waals surface area contributed by atoms with Gasteiger partial charge in [-0.05, 0) is 55.0 Å². The van der Waals surface area contributed by atoms with Crippen LogP contribution in [0.25, 0.3) is 0 Å². The van der Waals surface area contributed by atoms with Crippen LogP contribution in [-0.2, 0) is 14.8 Å². The minimum atomic E-state index is -3.82. The van der Waals surface area contributed by atoms with Gasteiger partial charge < -0.3 is 10.1 Å². The molecule has 3 rings (SSSR count). The van der Waals surface area contributed by atoms with Crippen LogP contribution in [0.5, 0.6) is 5.75 Å². The van der Waals surface area contributed by atoms with E-state index in [2.05, 4.69) is 10.0 Å². The van der Waals surface area contributed by atoms with Gasteiger partial charge in [0.25, 0.3) is 5.91 Å². The monoisotopic (exact) mass is 462 g/mol. The number of halogens is 2. The maximum Gasteiger partial charge on any atom is 0.262 e. The summed E-state index contributed by atoms with van der Waals surface area (Å²) in [7, 11) is -3.82. The van der Waals surface area contributed by atoms with Crippen molar-refractivity contribution in [1.82, 2.24) is 4.72 Å². The van der Waals surface area contributed by atoms with Crippen molar-refractivity contribution in [3.05, 3.63) is 89.2 Å². The molecule has 0 spiro atoms. The Bertz CT molecular complexity index is 1160. The number of hydrogen-bond donors (Lipinski definition) is 2. The molecule has 3 aromatic carbocycles. The van der Waals surface area contributed by atoms with Crippen LogP contribution in [-0.4, -0.2) is 20.9 Å². The van der Waals surface area contributed by atoms with Crippen LogP contribution in [0.15, 0.2) is 77.7 Å². The average molecular weight is 463 g/mol. The third-order valence-electron chi connectivity index (χ3n) is 4.33. The second-order valence-corrected chi connectivity index (χ2v) is 8.81. The number of sulfonamides is 1. The molecule has 0 aliphatic carbocycles. The lowest BCUT2D eigenvalue weighted by atomic mass is 10.1. The first-order valence-electron chi connectivity index (χ1n) is 9.29. The molecule has 31 heavy (non-hydrogen) atoms. The number of carbonyl (C=O) groups is 1. The number of amides is 1. The fourth-order valence-corrected chi connectivity index (χ4v) is 4.31. The van der Waals surface area contributed by atoms with Crippen LogP contribution < -0.4 is 14.8 Å². The van der Waals surface area contributed by atoms with Crippen LogP contribution in [0.2, 0.25) is 5.02 Å². The van der Waals surface area contributed by atoms with Gasteiger partial charge in [0.2, 0.25) is 10.0 Å². The molecule has 0 unspecified atom stereocenters. The van der Waals surface area contributed by atoms with Gasteiger partial charge >= 0.3 is 0 Å². The Hall–Kier alpha value is -2.94. The SMILES string of the molecule is C[C@@H](NS(=O)(=O)c1ccc(OCC(=O)Nc2ccc(F)cc2)c(Cl)c1)c1ccccc1. The van der Waals surface area contributed by atoms with Gasteiger partial charge in [-0.25, -0.2) is 17.5 Å². The maximum atomic E-state index is 12.9. The fraction of sp³-hybridized carbons (Fsp3) is 0.136. The van der Waals surface area contributed by atoms with Crippen molar-refractivity contribution in [2.75, 3.05) is 11.9 Å². The minimum absolute atomic E-state index is 0.0246. The third kappa shape index (κ3) is 6.27. The highest BCUT2D eigenvalue weighted by molar-refractivity contribution is 7.89. The number of carbonyl (C=O) groups excluding carboxylic acids is 1. The standard InChI is InChI=1S/C22H20ClFN2O4S/c1-15(16-5-3-2-4-6-16)26-31(28,29)19-11-12-21(20(23)13-19)30-14-22(27)25-18-9-7-17(24)8-10-18/h2-13,15,26H,14H2,1H3,(H,25,27)/t15-/m1/s1. The molecular weight excluding hydrogens is 443 g/mol. The molecule has 0 aliphatic heterocycles. The number of hydrogen-bond acceptors (Lipinski definition) is 4. The summed E-state index contributed by atoms with van der Waals surface area (Å²) in [5.41, 5.74) is 1.24. The third-order valence-corrected chi connectivity index (χ3v) is 6.17. The number of anilines is 1. The molecule has 1 amide bonds. The molecule has 2 N–H and O–H groups in total. The number of rotatable bonds is 8. The van der Waals surface area contributed by atoms with Crippen molar-refractivity contribution in [2.45, 2.75) is 17.9 Å². The molecular formula is C22H20ClFN2O4S. The van der Waals surface area contributed by atoms with E-state index in [1.54, 1.807) is 6.92 Å². The largest absolute Gasteiger partial charge is 0.482 e. The molecule has 0 aliphatic rings. The summed E-state index contributed by atoms with van der Waals surface area (Å²) < 4.78 is 46.2. The zero-order chi connectivity index (χ0) is 22.4. The van der Waals surface area contributed by atoms with E-state index in [9.17, 15) is 17.6 Å². The maximum absolute atomic E-state index is 12.9. The van der Waals surface area contributed by atoms with Crippen molar-refractivity contribution in [3.63, 3.8) is 0 Å². The van der Waals surface area contributed by atoms with Crippen LogP contribution in [0.1, 0.15) is 18.5 Å². The molecule has 3 aromatic rings. The van der Waals surface area contributed by atoms with Gasteiger partial charge in [0.15, 0.2) is 6.61 Å². The van der Waals surface area contributed by atoms with Gasteiger partial charge in [-0.1, -0.05) is 41.9 Å². The Morgan fingerprint density at radius 1 is 1.06 bits per heavy atom. The van der Waals surface area contributed by atoms with Crippen LogP contribution in [0.4, 0.5) is 10.1 Å². The van der Waals surface area contributed by atoms with E-state index in [1.807, 2.05) is 30.3 Å². The first-order valence-corrected chi connectivity index (χ1v) is 11.2. The Balaban J connectivity index is 1.62. The summed E-state index contributed by atoms with van der Waals surface area (Å²) in [5, 5.41) is 2.60. The molecule has 1 atom stereocenters. The van der Waals surface area contributed by atoms with Gasteiger partial charge in [-0.3, -0.25) is 4.79 Å². The zero-order valence-electron chi connectivity index (χ0n) is 16.5. The number of benzene rings is 3. The summed E-state index contributed by atoms with van der Waals surface area (Å²) >= 11 is 6.16. The molecule has 0 bridgehead atoms. The average Bonchev–Trinajstić information content (AvgIpc) is 2.75. The molecule has 162 valence electrons. The summed E-state index contributed by atoms with van der Waals surface area (Å²) in [5.74, 6) is -0.729. The van der Waals surface area contributed by atoms with Gasteiger partial charge in [0, 0.05) is 11.7 Å². The van der Waals surface area contributed by atoms with Crippen molar-refractivity contribution < 1.29 is 22.3 Å². The minimum Gasteiger partial charge on any atom is -0.482 e. The lowest BCUT2D eigenvalue weighted by Crippen LogP contribution is -2.27. The zero-order valence-corrected chi connectivity index (χ0v) is 18.1. The summed E-state index contributed by atoms with van der Waals surface area (Å²) in [6.45, 7) is 1.39. The smallest absolute Gasteiger partial charge is 0.262 e. The quantitative estimate of drug-likeness (QED) is 0.515. The van der Waals surface area contributed by atoms with E-state index < -0.39 is 27.8 Å². The topological polar surface area (TPSA) is 84.5 Å². The lowest BCUT2D eigenvalue weighted by molar-refractivity contribution is -0.118. The first-order chi connectivity index (χ1) is 14.7.